The Kier molecular flexibility index (Phi) is 5.04. The summed E-state index contributed by atoms with van der Waals surface area (Å²) in [5.41, 5.74) is -0.890. The summed E-state index contributed by atoms with van der Waals surface area (Å²) in [6.07, 6.45) is 0. The predicted octanol–water partition coefficient (Wildman–Crippen LogP) is 2.25. The van der Waals surface area contributed by atoms with E-state index < -0.39 is 22.7 Å². The summed E-state index contributed by atoms with van der Waals surface area (Å²) in [7, 11) is 3.25. The van der Waals surface area contributed by atoms with Crippen molar-refractivity contribution >= 4 is 11.0 Å². The van der Waals surface area contributed by atoms with Crippen molar-refractivity contribution in [3.8, 4) is 40.1 Å². The highest BCUT2D eigenvalue weighted by atomic mass is 16.4. The number of phenolic OH excluding ortho intramolecular Hbond substituents is 4. The summed E-state index contributed by atoms with van der Waals surface area (Å²) in [4.78, 5) is 12.1. The molecule has 0 amide bonds. The molecule has 132 valence electrons. The van der Waals surface area contributed by atoms with E-state index in [1.807, 2.05) is 0 Å². The molecular formula is C17H16O8. The van der Waals surface area contributed by atoms with Gasteiger partial charge in [-0.15, -0.1) is 0 Å². The van der Waals surface area contributed by atoms with Crippen molar-refractivity contribution in [2.45, 2.75) is 0 Å². The van der Waals surface area contributed by atoms with Crippen LogP contribution in [0.4, 0.5) is 0 Å². The lowest BCUT2D eigenvalue weighted by atomic mass is 10.1. The lowest BCUT2D eigenvalue weighted by Gasteiger charge is -2.08. The number of benzene rings is 2. The second-order valence-electron chi connectivity index (χ2n) is 5.06. The van der Waals surface area contributed by atoms with E-state index in [4.69, 9.17) is 4.42 Å². The number of rotatable bonds is 1. The van der Waals surface area contributed by atoms with Crippen molar-refractivity contribution in [2.24, 2.45) is 0 Å². The zero-order valence-corrected chi connectivity index (χ0v) is 13.3. The van der Waals surface area contributed by atoms with Crippen LogP contribution in [0.5, 0.6) is 28.7 Å². The van der Waals surface area contributed by atoms with E-state index in [2.05, 4.69) is 4.74 Å². The molecule has 8 nitrogen and oxygen atoms in total. The maximum atomic E-state index is 12.1. The highest BCUT2D eigenvalue weighted by molar-refractivity contribution is 5.88. The van der Waals surface area contributed by atoms with Crippen LogP contribution < -0.4 is 5.43 Å². The molecule has 0 spiro atoms. The van der Waals surface area contributed by atoms with E-state index in [1.54, 1.807) is 14.2 Å². The number of phenols is 4. The number of methoxy groups -OCH3 is 1. The Balaban J connectivity index is 0.000000701. The molecule has 0 saturated heterocycles. The molecule has 0 aliphatic rings. The molecule has 1 aromatic heterocycles. The van der Waals surface area contributed by atoms with Gasteiger partial charge in [-0.3, -0.25) is 4.79 Å². The Morgan fingerprint density at radius 3 is 2.12 bits per heavy atom. The molecule has 0 aliphatic heterocycles. The van der Waals surface area contributed by atoms with Gasteiger partial charge in [0.05, 0.1) is 0 Å². The summed E-state index contributed by atoms with van der Waals surface area (Å²) >= 11 is 0. The summed E-state index contributed by atoms with van der Waals surface area (Å²) in [6, 6.07) is 5.64. The quantitative estimate of drug-likeness (QED) is 0.422. The van der Waals surface area contributed by atoms with Gasteiger partial charge in [0, 0.05) is 31.9 Å². The summed E-state index contributed by atoms with van der Waals surface area (Å²) in [5.74, 6) is -2.71. The van der Waals surface area contributed by atoms with Crippen LogP contribution in [0, 0.1) is 0 Å². The molecule has 3 aromatic rings. The van der Waals surface area contributed by atoms with Crippen molar-refractivity contribution in [1.82, 2.24) is 0 Å². The Morgan fingerprint density at radius 2 is 1.52 bits per heavy atom. The SMILES string of the molecule is COC.O=c1c(O)c(-c2ccc(O)c(O)c2)oc2cc(O)cc(O)c12. The average molecular weight is 348 g/mol. The Hall–Kier alpha value is -3.39. The minimum Gasteiger partial charge on any atom is -0.508 e. The largest absolute Gasteiger partial charge is 0.508 e. The molecule has 5 N–H and O–H groups in total. The van der Waals surface area contributed by atoms with E-state index in [9.17, 15) is 30.3 Å². The Labute approximate surface area is 141 Å². The second kappa shape index (κ2) is 7.02. The first-order valence-electron chi connectivity index (χ1n) is 6.94. The molecule has 0 saturated carbocycles. The van der Waals surface area contributed by atoms with Crippen LogP contribution in [-0.4, -0.2) is 39.8 Å². The summed E-state index contributed by atoms with van der Waals surface area (Å²) < 4.78 is 9.60. The number of aromatic hydroxyl groups is 5. The normalized spacial score (nSPS) is 10.3. The fourth-order valence-electron chi connectivity index (χ4n) is 2.14. The van der Waals surface area contributed by atoms with Gasteiger partial charge in [0.2, 0.25) is 11.2 Å². The zero-order chi connectivity index (χ0) is 18.7. The molecule has 0 fully saturated rings. The van der Waals surface area contributed by atoms with E-state index in [1.165, 1.54) is 6.07 Å². The second-order valence-corrected chi connectivity index (χ2v) is 5.06. The maximum absolute atomic E-state index is 12.1. The first-order chi connectivity index (χ1) is 11.8. The van der Waals surface area contributed by atoms with Crippen molar-refractivity contribution in [3.63, 3.8) is 0 Å². The highest BCUT2D eigenvalue weighted by Crippen LogP contribution is 2.37. The third-order valence-corrected chi connectivity index (χ3v) is 3.17. The third-order valence-electron chi connectivity index (χ3n) is 3.17. The minimum atomic E-state index is -0.888. The van der Waals surface area contributed by atoms with Crippen LogP contribution in [0.25, 0.3) is 22.3 Å². The van der Waals surface area contributed by atoms with E-state index >= 15 is 0 Å². The van der Waals surface area contributed by atoms with Gasteiger partial charge in [0.15, 0.2) is 17.3 Å². The monoisotopic (exact) mass is 348 g/mol. The van der Waals surface area contributed by atoms with E-state index in [0.717, 1.165) is 24.3 Å². The first-order valence-corrected chi connectivity index (χ1v) is 6.94. The van der Waals surface area contributed by atoms with Gasteiger partial charge < -0.3 is 34.7 Å². The van der Waals surface area contributed by atoms with Crippen LogP contribution >= 0.6 is 0 Å². The molecule has 2 aromatic carbocycles. The molecule has 8 heteroatoms. The van der Waals surface area contributed by atoms with Gasteiger partial charge in [-0.2, -0.15) is 0 Å². The molecule has 25 heavy (non-hydrogen) atoms. The topological polar surface area (TPSA) is 141 Å². The lowest BCUT2D eigenvalue weighted by Crippen LogP contribution is -2.02. The van der Waals surface area contributed by atoms with Gasteiger partial charge in [0.1, 0.15) is 22.5 Å². The molecule has 0 bridgehead atoms. The van der Waals surface area contributed by atoms with Gasteiger partial charge in [-0.25, -0.2) is 0 Å². The Morgan fingerprint density at radius 1 is 0.880 bits per heavy atom. The van der Waals surface area contributed by atoms with Gasteiger partial charge >= 0.3 is 0 Å². The summed E-state index contributed by atoms with van der Waals surface area (Å²) in [6.45, 7) is 0. The van der Waals surface area contributed by atoms with Gasteiger partial charge in [0.25, 0.3) is 0 Å². The third kappa shape index (κ3) is 3.43. The minimum absolute atomic E-state index is 0.134. The van der Waals surface area contributed by atoms with Crippen LogP contribution in [0.15, 0.2) is 39.5 Å². The highest BCUT2D eigenvalue weighted by Gasteiger charge is 2.19. The Bertz CT molecular complexity index is 975. The van der Waals surface area contributed by atoms with Crippen LogP contribution in [0.1, 0.15) is 0 Å². The lowest BCUT2D eigenvalue weighted by molar-refractivity contribution is 0.277. The number of ether oxygens (including phenoxy) is 1. The van der Waals surface area contributed by atoms with Crippen LogP contribution in [0.3, 0.4) is 0 Å². The van der Waals surface area contributed by atoms with E-state index in [0.29, 0.717) is 0 Å². The number of hydrogen-bond acceptors (Lipinski definition) is 8. The molecule has 0 unspecified atom stereocenters. The average Bonchev–Trinajstić information content (AvgIpc) is 2.53. The van der Waals surface area contributed by atoms with Crippen molar-refractivity contribution in [1.29, 1.82) is 0 Å². The van der Waals surface area contributed by atoms with Gasteiger partial charge in [-0.05, 0) is 18.2 Å². The van der Waals surface area contributed by atoms with Crippen LogP contribution in [0.2, 0.25) is 0 Å². The standard InChI is InChI=1S/C15H10O7.C2H6O/c16-7-4-10(19)12-11(5-7)22-15(14(21)13(12)20)6-1-2-8(17)9(18)3-6;1-3-2/h1-5,16-19,21H;1-2H3. The fraction of sp³-hybridized carbons (Fsp3) is 0.118. The molecule has 3 rings (SSSR count). The number of hydrogen-bond donors (Lipinski definition) is 5. The van der Waals surface area contributed by atoms with Crippen molar-refractivity contribution in [2.75, 3.05) is 14.2 Å². The zero-order valence-electron chi connectivity index (χ0n) is 13.3. The molecule has 0 atom stereocenters. The molecule has 0 radical (unpaired) electrons. The molecular weight excluding hydrogens is 332 g/mol. The summed E-state index contributed by atoms with van der Waals surface area (Å²) in [5, 5.41) is 47.6. The van der Waals surface area contributed by atoms with Crippen LogP contribution in [-0.2, 0) is 4.74 Å². The first kappa shape index (κ1) is 18.0. The van der Waals surface area contributed by atoms with E-state index in [-0.39, 0.29) is 33.8 Å². The van der Waals surface area contributed by atoms with Crippen molar-refractivity contribution < 1.29 is 34.7 Å². The fourth-order valence-corrected chi connectivity index (χ4v) is 2.14. The molecule has 0 aliphatic carbocycles. The van der Waals surface area contributed by atoms with Gasteiger partial charge in [-0.1, -0.05) is 0 Å². The number of fused-ring (bicyclic) bond motifs is 1. The predicted molar refractivity (Wildman–Crippen MR) is 89.2 cm³/mol. The van der Waals surface area contributed by atoms with Crippen molar-refractivity contribution in [3.05, 3.63) is 40.6 Å². The smallest absolute Gasteiger partial charge is 0.238 e. The molecule has 1 heterocycles. The maximum Gasteiger partial charge on any atom is 0.238 e.